The molecular formula is C27H36O7. The van der Waals surface area contributed by atoms with Gasteiger partial charge in [-0.2, -0.15) is 0 Å². The van der Waals surface area contributed by atoms with E-state index in [4.69, 9.17) is 18.9 Å². The fourth-order valence-electron chi connectivity index (χ4n) is 3.34. The monoisotopic (exact) mass is 472 g/mol. The summed E-state index contributed by atoms with van der Waals surface area (Å²) in [5.41, 5.74) is 0.810. The third-order valence-corrected chi connectivity index (χ3v) is 5.53. The van der Waals surface area contributed by atoms with Gasteiger partial charge in [-0.3, -0.25) is 14.4 Å². The van der Waals surface area contributed by atoms with Gasteiger partial charge in [-0.15, -0.1) is 0 Å². The quantitative estimate of drug-likeness (QED) is 0.271. The van der Waals surface area contributed by atoms with Gasteiger partial charge in [0.05, 0.1) is 13.0 Å². The molecular weight excluding hydrogens is 436 g/mol. The lowest BCUT2D eigenvalue weighted by Crippen LogP contribution is -2.31. The summed E-state index contributed by atoms with van der Waals surface area (Å²) in [6.45, 7) is 5.41. The number of ether oxygens (including phenoxy) is 4. The molecule has 2 aromatic carbocycles. The van der Waals surface area contributed by atoms with Gasteiger partial charge in [0, 0.05) is 12.8 Å². The topological polar surface area (TPSA) is 88.1 Å². The van der Waals surface area contributed by atoms with Gasteiger partial charge >= 0.3 is 17.9 Å². The van der Waals surface area contributed by atoms with Crippen molar-refractivity contribution >= 4 is 28.7 Å². The van der Waals surface area contributed by atoms with Crippen LogP contribution >= 0.6 is 0 Å². The number of carbonyl (C=O) groups excluding carboxylic acids is 3. The van der Waals surface area contributed by atoms with Crippen LogP contribution in [0.3, 0.4) is 0 Å². The first kappa shape index (κ1) is 27.2. The zero-order chi connectivity index (χ0) is 24.9. The molecule has 0 aliphatic carbocycles. The summed E-state index contributed by atoms with van der Waals surface area (Å²) in [4.78, 5) is 36.7. The first-order chi connectivity index (χ1) is 16.4. The van der Waals surface area contributed by atoms with E-state index in [0.29, 0.717) is 12.8 Å². The Kier molecular flexibility index (Phi) is 11.4. The van der Waals surface area contributed by atoms with Crippen LogP contribution in [0.15, 0.2) is 36.4 Å². The normalized spacial score (nSPS) is 12.6. The number of rotatable bonds is 14. The lowest BCUT2D eigenvalue weighted by Gasteiger charge is -2.19. The number of methoxy groups -OCH3 is 1. The first-order valence-electron chi connectivity index (χ1n) is 12.0. The Morgan fingerprint density at radius 1 is 0.824 bits per heavy atom. The lowest BCUT2D eigenvalue weighted by atomic mass is 9.98. The molecule has 0 fully saturated rings. The van der Waals surface area contributed by atoms with Crippen molar-refractivity contribution in [3.05, 3.63) is 42.0 Å². The highest BCUT2D eigenvalue weighted by Gasteiger charge is 2.22. The van der Waals surface area contributed by atoms with Gasteiger partial charge in [-0.05, 0) is 48.2 Å². The molecule has 0 heterocycles. The fraction of sp³-hybridized carbons (Fsp3) is 0.519. The third-order valence-electron chi connectivity index (χ3n) is 5.53. The molecule has 186 valence electrons. The van der Waals surface area contributed by atoms with E-state index in [0.717, 1.165) is 41.3 Å². The van der Waals surface area contributed by atoms with Crippen LogP contribution in [-0.2, 0) is 28.6 Å². The molecule has 0 aliphatic rings. The van der Waals surface area contributed by atoms with Gasteiger partial charge in [0.25, 0.3) is 0 Å². The highest BCUT2D eigenvalue weighted by Crippen LogP contribution is 2.26. The van der Waals surface area contributed by atoms with E-state index in [1.54, 1.807) is 14.0 Å². The Hall–Kier alpha value is -3.09. The first-order valence-corrected chi connectivity index (χ1v) is 12.0. The Labute approximate surface area is 201 Å². The van der Waals surface area contributed by atoms with Gasteiger partial charge in [0.1, 0.15) is 19.0 Å². The molecule has 0 N–H and O–H groups in total. The van der Waals surface area contributed by atoms with Crippen molar-refractivity contribution in [3.63, 3.8) is 0 Å². The van der Waals surface area contributed by atoms with Gasteiger partial charge in [0.2, 0.25) is 0 Å². The number of hydrogen-bond acceptors (Lipinski definition) is 7. The number of carbonyl (C=O) groups is 3. The molecule has 0 aliphatic heterocycles. The molecule has 7 heteroatoms. The van der Waals surface area contributed by atoms with E-state index in [2.05, 4.69) is 0 Å². The van der Waals surface area contributed by atoms with Crippen molar-refractivity contribution in [2.24, 2.45) is 0 Å². The summed E-state index contributed by atoms with van der Waals surface area (Å²) in [5, 5.41) is 1.99. The van der Waals surface area contributed by atoms with Gasteiger partial charge in [-0.1, -0.05) is 51.0 Å². The van der Waals surface area contributed by atoms with E-state index < -0.39 is 24.0 Å². The van der Waals surface area contributed by atoms with Crippen molar-refractivity contribution in [2.45, 2.75) is 71.3 Å². The molecule has 0 amide bonds. The molecule has 0 saturated carbocycles. The van der Waals surface area contributed by atoms with Crippen LogP contribution < -0.4 is 4.74 Å². The zero-order valence-corrected chi connectivity index (χ0v) is 20.6. The average Bonchev–Trinajstić information content (AvgIpc) is 2.86. The predicted molar refractivity (Wildman–Crippen MR) is 130 cm³/mol. The van der Waals surface area contributed by atoms with Crippen LogP contribution in [0, 0.1) is 0 Å². The summed E-state index contributed by atoms with van der Waals surface area (Å²) in [6, 6.07) is 11.5. The minimum Gasteiger partial charge on any atom is -0.497 e. The van der Waals surface area contributed by atoms with Gasteiger partial charge in [0.15, 0.2) is 6.10 Å². The van der Waals surface area contributed by atoms with Crippen molar-refractivity contribution in [3.8, 4) is 5.75 Å². The molecule has 0 aromatic heterocycles. The molecule has 0 bridgehead atoms. The van der Waals surface area contributed by atoms with E-state index >= 15 is 0 Å². The maximum absolute atomic E-state index is 12.7. The van der Waals surface area contributed by atoms with Gasteiger partial charge < -0.3 is 18.9 Å². The van der Waals surface area contributed by atoms with E-state index in [9.17, 15) is 14.4 Å². The highest BCUT2D eigenvalue weighted by molar-refractivity contribution is 5.86. The van der Waals surface area contributed by atoms with Gasteiger partial charge in [-0.25, -0.2) is 0 Å². The summed E-state index contributed by atoms with van der Waals surface area (Å²) in [5.74, 6) is -0.952. The summed E-state index contributed by atoms with van der Waals surface area (Å²) in [7, 11) is 1.62. The zero-order valence-electron chi connectivity index (χ0n) is 20.6. The number of unbranched alkanes of at least 4 members (excludes halogenated alkanes) is 2. The lowest BCUT2D eigenvalue weighted by molar-refractivity contribution is -0.167. The van der Waals surface area contributed by atoms with Crippen LogP contribution in [0.25, 0.3) is 10.8 Å². The summed E-state index contributed by atoms with van der Waals surface area (Å²) in [6.07, 6.45) is 2.90. The fourth-order valence-corrected chi connectivity index (χ4v) is 3.34. The Bertz CT molecular complexity index is 953. The number of fused-ring (bicyclic) bond motifs is 1. The Morgan fingerprint density at radius 3 is 2.12 bits per heavy atom. The second-order valence-electron chi connectivity index (χ2n) is 8.33. The van der Waals surface area contributed by atoms with Crippen molar-refractivity contribution in [1.82, 2.24) is 0 Å². The van der Waals surface area contributed by atoms with E-state index in [-0.39, 0.29) is 25.6 Å². The molecule has 7 nitrogen and oxygen atoms in total. The Morgan fingerprint density at radius 2 is 1.44 bits per heavy atom. The third kappa shape index (κ3) is 8.69. The largest absolute Gasteiger partial charge is 0.497 e. The number of hydrogen-bond donors (Lipinski definition) is 0. The van der Waals surface area contributed by atoms with E-state index in [1.807, 2.05) is 50.2 Å². The van der Waals surface area contributed by atoms with Crippen LogP contribution in [0.5, 0.6) is 5.75 Å². The van der Waals surface area contributed by atoms with Crippen LogP contribution in [0.2, 0.25) is 0 Å². The maximum Gasteiger partial charge on any atom is 0.313 e. The second kappa shape index (κ2) is 14.2. The number of benzene rings is 2. The molecule has 34 heavy (non-hydrogen) atoms. The molecule has 0 saturated heterocycles. The summed E-state index contributed by atoms with van der Waals surface area (Å²) >= 11 is 0. The average molecular weight is 473 g/mol. The predicted octanol–water partition coefficient (Wildman–Crippen LogP) is 5.33. The minimum absolute atomic E-state index is 0.139. The SMILES string of the molecule is CCCCC(=O)OCC(COC(=O)C(C)c1ccc2cc(OC)ccc2c1)OC(=O)CCCC. The molecule has 2 aromatic rings. The van der Waals surface area contributed by atoms with Crippen LogP contribution in [0.4, 0.5) is 0 Å². The highest BCUT2D eigenvalue weighted by atomic mass is 16.6. The van der Waals surface area contributed by atoms with Crippen molar-refractivity contribution in [2.75, 3.05) is 20.3 Å². The molecule has 0 spiro atoms. The van der Waals surface area contributed by atoms with E-state index in [1.165, 1.54) is 0 Å². The smallest absolute Gasteiger partial charge is 0.313 e. The second-order valence-corrected chi connectivity index (χ2v) is 8.33. The number of esters is 3. The molecule has 2 unspecified atom stereocenters. The standard InChI is InChI=1S/C27H36O7/c1-5-7-9-25(28)32-17-24(34-26(29)10-8-6-2)18-33-27(30)19(3)20-11-12-22-16-23(31-4)14-13-21(22)15-20/h11-16,19,24H,5-10,17-18H2,1-4H3. The molecule has 2 rings (SSSR count). The Balaban J connectivity index is 1.99. The van der Waals surface area contributed by atoms with Crippen molar-refractivity contribution in [1.29, 1.82) is 0 Å². The maximum atomic E-state index is 12.7. The van der Waals surface area contributed by atoms with Crippen LogP contribution in [0.1, 0.15) is 70.8 Å². The molecule has 2 atom stereocenters. The van der Waals surface area contributed by atoms with Crippen LogP contribution in [-0.4, -0.2) is 44.3 Å². The van der Waals surface area contributed by atoms with Crippen molar-refractivity contribution < 1.29 is 33.3 Å². The molecule has 0 radical (unpaired) electrons. The summed E-state index contributed by atoms with van der Waals surface area (Å²) < 4.78 is 21.4. The minimum atomic E-state index is -0.838.